The largest absolute Gasteiger partial charge is 2.00 e. The molecule has 0 amide bonds. The Morgan fingerprint density at radius 2 is 1.29 bits per heavy atom. The average Bonchev–Trinajstić information content (AvgIpc) is 2.35. The Morgan fingerprint density at radius 3 is 1.36 bits per heavy atom. The van der Waals surface area contributed by atoms with Crippen LogP contribution >= 0.6 is 0 Å². The van der Waals surface area contributed by atoms with Crippen LogP contribution in [0.4, 0.5) is 0 Å². The van der Waals surface area contributed by atoms with Crippen molar-refractivity contribution in [1.82, 2.24) is 15.4 Å². The first kappa shape index (κ1) is 18.4. The number of hydrogen-bond donors (Lipinski definition) is 1. The smallest absolute Gasteiger partial charge is 0.550 e. The van der Waals surface area contributed by atoms with Crippen LogP contribution in [0.2, 0.25) is 0 Å². The Kier molecular flexibility index (Phi) is 18.6. The summed E-state index contributed by atoms with van der Waals surface area (Å²) >= 11 is 0. The number of rotatable bonds is 0. The molecule has 1 aromatic heterocycles. The zero-order chi connectivity index (χ0) is 10.7. The molecule has 1 N–H and O–H groups in total. The van der Waals surface area contributed by atoms with E-state index in [2.05, 4.69) is 15.4 Å². The number of aliphatic carboxylic acids is 2. The number of aromatic amines is 1. The van der Waals surface area contributed by atoms with Crippen LogP contribution in [0.3, 0.4) is 0 Å². The van der Waals surface area contributed by atoms with Crippen molar-refractivity contribution in [3.63, 3.8) is 0 Å². The molecule has 1 radical (unpaired) electrons. The van der Waals surface area contributed by atoms with Crippen molar-refractivity contribution in [2.75, 3.05) is 0 Å². The van der Waals surface area contributed by atoms with Crippen LogP contribution in [0.15, 0.2) is 12.4 Å². The maximum absolute atomic E-state index is 8.89. The van der Waals surface area contributed by atoms with Gasteiger partial charge in [0.1, 0.15) is 0 Å². The predicted octanol–water partition coefficient (Wildman–Crippen LogP) is -2.69. The summed E-state index contributed by atoms with van der Waals surface area (Å²) in [6.45, 7) is 1.94. The van der Waals surface area contributed by atoms with Gasteiger partial charge in [0.25, 0.3) is 0 Å². The molecule has 0 saturated carbocycles. The van der Waals surface area contributed by atoms with Crippen molar-refractivity contribution >= 4 is 11.9 Å². The number of carboxylic acid groups (broad SMARTS) is 2. The van der Waals surface area contributed by atoms with Crippen molar-refractivity contribution < 1.29 is 36.9 Å². The van der Waals surface area contributed by atoms with E-state index in [-0.39, 0.29) is 17.1 Å². The Morgan fingerprint density at radius 1 is 1.07 bits per heavy atom. The fourth-order valence-electron chi connectivity index (χ4n) is 0.167. The van der Waals surface area contributed by atoms with Crippen molar-refractivity contribution in [3.05, 3.63) is 12.4 Å². The summed E-state index contributed by atoms with van der Waals surface area (Å²) in [7, 11) is 0. The molecule has 0 bridgehead atoms. The van der Waals surface area contributed by atoms with Crippen molar-refractivity contribution in [1.29, 1.82) is 0 Å². The van der Waals surface area contributed by atoms with Crippen LogP contribution in [-0.2, 0) is 26.7 Å². The summed E-state index contributed by atoms with van der Waals surface area (Å²) < 4.78 is 0. The van der Waals surface area contributed by atoms with E-state index in [0.29, 0.717) is 0 Å². The van der Waals surface area contributed by atoms with E-state index >= 15 is 0 Å². The molecule has 0 spiro atoms. The average molecular weight is 251 g/mol. The van der Waals surface area contributed by atoms with E-state index in [1.165, 1.54) is 0 Å². The first-order chi connectivity index (χ1) is 5.96. The van der Waals surface area contributed by atoms with E-state index in [4.69, 9.17) is 19.8 Å². The maximum atomic E-state index is 8.89. The van der Waals surface area contributed by atoms with Gasteiger partial charge >= 0.3 is 17.1 Å². The molecule has 1 heterocycles. The van der Waals surface area contributed by atoms with Gasteiger partial charge < -0.3 is 19.8 Å². The molecule has 8 heteroatoms. The summed E-state index contributed by atoms with van der Waals surface area (Å²) in [5.41, 5.74) is 0. The first-order valence-corrected chi connectivity index (χ1v) is 3.11. The number of H-pyrrole nitrogens is 1. The molecule has 0 aliphatic heterocycles. The molecule has 14 heavy (non-hydrogen) atoms. The van der Waals surface area contributed by atoms with Gasteiger partial charge in [-0.15, -0.1) is 0 Å². The Labute approximate surface area is 91.0 Å². The molecule has 7 nitrogen and oxygen atoms in total. The summed E-state index contributed by atoms with van der Waals surface area (Å²) in [5.74, 6) is -2.17. The SMILES string of the molecule is CC(=O)[O-].CC(=O)[O-].[Cu+2].c1cn[nH]n1. The monoisotopic (exact) mass is 250 g/mol. The molecule has 1 aromatic rings. The van der Waals surface area contributed by atoms with Gasteiger partial charge in [0.15, 0.2) is 0 Å². The van der Waals surface area contributed by atoms with E-state index < -0.39 is 11.9 Å². The molecule has 0 aliphatic rings. The first-order valence-electron chi connectivity index (χ1n) is 3.11. The fourth-order valence-corrected chi connectivity index (χ4v) is 0.167. The molecule has 83 valence electrons. The van der Waals surface area contributed by atoms with Crippen LogP contribution < -0.4 is 10.2 Å². The molecule has 0 unspecified atom stereocenters. The van der Waals surface area contributed by atoms with Gasteiger partial charge in [-0.05, 0) is 13.8 Å². The van der Waals surface area contributed by atoms with Gasteiger partial charge in [-0.25, -0.2) is 0 Å². The topological polar surface area (TPSA) is 122 Å². The van der Waals surface area contributed by atoms with E-state index in [0.717, 1.165) is 13.8 Å². The maximum Gasteiger partial charge on any atom is 2.00 e. The van der Waals surface area contributed by atoms with E-state index in [1.54, 1.807) is 12.4 Å². The Hall–Kier alpha value is -1.40. The van der Waals surface area contributed by atoms with E-state index in [9.17, 15) is 0 Å². The van der Waals surface area contributed by atoms with Crippen LogP contribution in [0.5, 0.6) is 0 Å². The molecule has 0 saturated heterocycles. The number of nitrogens with one attached hydrogen (secondary N) is 1. The van der Waals surface area contributed by atoms with Gasteiger partial charge in [-0.2, -0.15) is 15.4 Å². The van der Waals surface area contributed by atoms with Gasteiger partial charge in [-0.1, -0.05) is 0 Å². The van der Waals surface area contributed by atoms with Crippen molar-refractivity contribution in [2.24, 2.45) is 0 Å². The van der Waals surface area contributed by atoms with Gasteiger partial charge in [0, 0.05) is 11.9 Å². The molecule has 0 atom stereocenters. The third-order valence-electron chi connectivity index (χ3n) is 0.331. The molecular weight excluding hydrogens is 242 g/mol. The number of aromatic nitrogens is 3. The minimum atomic E-state index is -1.08. The minimum absolute atomic E-state index is 0. The van der Waals surface area contributed by atoms with Crippen LogP contribution in [0.1, 0.15) is 13.8 Å². The number of carbonyl (C=O) groups is 2. The van der Waals surface area contributed by atoms with Crippen molar-refractivity contribution in [3.8, 4) is 0 Å². The normalized spacial score (nSPS) is 6.43. The fraction of sp³-hybridized carbons (Fsp3) is 0.333. The van der Waals surface area contributed by atoms with Crippen LogP contribution in [-0.4, -0.2) is 27.3 Å². The Bertz CT molecular complexity index is 190. The van der Waals surface area contributed by atoms with Crippen molar-refractivity contribution in [2.45, 2.75) is 13.8 Å². The van der Waals surface area contributed by atoms with Crippen LogP contribution in [0, 0.1) is 0 Å². The Balaban J connectivity index is -0.000000127. The standard InChI is InChI=1S/C2H3N3.2C2H4O2.Cu/c1-2-4-5-3-1;2*1-2(3)4;/h1-2H,(H,3,4,5);2*1H3,(H,3,4);/q;;;+2/p-2. The summed E-state index contributed by atoms with van der Waals surface area (Å²) in [6.07, 6.45) is 3.17. The zero-order valence-corrected chi connectivity index (χ0v) is 8.43. The van der Waals surface area contributed by atoms with Crippen LogP contribution in [0.25, 0.3) is 0 Å². The van der Waals surface area contributed by atoms with E-state index in [1.807, 2.05) is 0 Å². The summed E-state index contributed by atoms with van der Waals surface area (Å²) in [5, 5.41) is 27.1. The van der Waals surface area contributed by atoms with Gasteiger partial charge in [-0.3, -0.25) is 0 Å². The third kappa shape index (κ3) is 75.4. The number of nitrogens with zero attached hydrogens (tertiary/aromatic N) is 2. The summed E-state index contributed by atoms with van der Waals surface area (Å²) in [6, 6.07) is 0. The summed E-state index contributed by atoms with van der Waals surface area (Å²) in [4.78, 5) is 17.8. The molecule has 1 rings (SSSR count). The molecule has 0 aliphatic carbocycles. The second-order valence-corrected chi connectivity index (χ2v) is 1.64. The molecule has 0 fully saturated rings. The zero-order valence-electron chi connectivity index (χ0n) is 7.48. The van der Waals surface area contributed by atoms with Gasteiger partial charge in [0.05, 0.1) is 12.4 Å². The second-order valence-electron chi connectivity index (χ2n) is 1.64. The van der Waals surface area contributed by atoms with Gasteiger partial charge in [0.2, 0.25) is 0 Å². The minimum Gasteiger partial charge on any atom is -0.550 e. The predicted molar refractivity (Wildman–Crippen MR) is 37.7 cm³/mol. The third-order valence-corrected chi connectivity index (χ3v) is 0.331. The number of carboxylic acids is 2. The second kappa shape index (κ2) is 14.1. The number of carbonyl (C=O) groups excluding carboxylic acids is 2. The molecule has 0 aromatic carbocycles. The molecular formula is C6H9CuN3O4. The quantitative estimate of drug-likeness (QED) is 0.501. The number of hydrogen-bond acceptors (Lipinski definition) is 6.